The molecule has 2 aromatic rings. The highest BCUT2D eigenvalue weighted by Gasteiger charge is 2.25. The molecule has 0 bridgehead atoms. The smallest absolute Gasteiger partial charge is 0.127 e. The van der Waals surface area contributed by atoms with Crippen molar-refractivity contribution in [3.05, 3.63) is 41.2 Å². The average molecular weight is 329 g/mol. The lowest BCUT2D eigenvalue weighted by Crippen LogP contribution is -2.34. The van der Waals surface area contributed by atoms with Gasteiger partial charge >= 0.3 is 0 Å². The molecule has 5 heteroatoms. The van der Waals surface area contributed by atoms with Gasteiger partial charge in [-0.25, -0.2) is 0 Å². The van der Waals surface area contributed by atoms with Gasteiger partial charge in [-0.05, 0) is 43.5 Å². The normalized spacial score (nSPS) is 18.5. The summed E-state index contributed by atoms with van der Waals surface area (Å²) in [5.41, 5.74) is 3.79. The molecule has 130 valence electrons. The number of piperidine rings is 1. The molecule has 24 heavy (non-hydrogen) atoms. The molecule has 0 radical (unpaired) electrons. The first-order chi connectivity index (χ1) is 11.8. The Morgan fingerprint density at radius 3 is 2.67 bits per heavy atom. The van der Waals surface area contributed by atoms with Crippen LogP contribution in [-0.4, -0.2) is 42.4 Å². The number of aromatic amines is 1. The monoisotopic (exact) mass is 329 g/mol. The number of likely N-dealkylation sites (tertiary alicyclic amines) is 1. The van der Waals surface area contributed by atoms with Crippen LogP contribution in [0.3, 0.4) is 0 Å². The summed E-state index contributed by atoms with van der Waals surface area (Å²) in [6, 6.07) is 5.98. The molecule has 2 heterocycles. The van der Waals surface area contributed by atoms with E-state index < -0.39 is 0 Å². The fourth-order valence-electron chi connectivity index (χ4n) is 3.70. The topological polar surface area (TPSA) is 50.4 Å². The fourth-order valence-corrected chi connectivity index (χ4v) is 3.70. The molecule has 5 nitrogen and oxygen atoms in total. The third kappa shape index (κ3) is 3.41. The molecule has 0 spiro atoms. The van der Waals surface area contributed by atoms with Crippen LogP contribution in [0.4, 0.5) is 0 Å². The Bertz CT molecular complexity index is 646. The van der Waals surface area contributed by atoms with Crippen molar-refractivity contribution in [2.24, 2.45) is 0 Å². The minimum absolute atomic E-state index is 0.525. The third-order valence-electron chi connectivity index (χ3n) is 4.96. The number of benzene rings is 1. The molecule has 0 unspecified atom stereocenters. The first-order valence-electron chi connectivity index (χ1n) is 8.71. The van der Waals surface area contributed by atoms with Crippen LogP contribution in [0.5, 0.6) is 11.5 Å². The SMILES string of the molecule is CCc1cn[nH]c1[C@H]1CCCN(Cc2c(OC)cccc2OC)C1. The second-order valence-corrected chi connectivity index (χ2v) is 6.38. The number of H-pyrrole nitrogens is 1. The molecule has 3 rings (SSSR count). The fraction of sp³-hybridized carbons (Fsp3) is 0.526. The third-order valence-corrected chi connectivity index (χ3v) is 4.96. The van der Waals surface area contributed by atoms with Crippen molar-refractivity contribution in [2.45, 2.75) is 38.6 Å². The standard InChI is InChI=1S/C19H27N3O2/c1-4-14-11-20-21-19(14)15-7-6-10-22(12-15)13-16-17(23-2)8-5-9-18(16)24-3/h5,8-9,11,15H,4,6-7,10,12-13H2,1-3H3,(H,20,21)/t15-/m0/s1. The van der Waals surface area contributed by atoms with E-state index in [-0.39, 0.29) is 0 Å². The van der Waals surface area contributed by atoms with Crippen LogP contribution in [0.25, 0.3) is 0 Å². The molecular formula is C19H27N3O2. The number of methoxy groups -OCH3 is 2. The molecule has 0 saturated carbocycles. The van der Waals surface area contributed by atoms with Gasteiger partial charge in [-0.2, -0.15) is 5.10 Å². The second-order valence-electron chi connectivity index (χ2n) is 6.38. The minimum atomic E-state index is 0.525. The Balaban J connectivity index is 1.77. The van der Waals surface area contributed by atoms with Gasteiger partial charge < -0.3 is 9.47 Å². The van der Waals surface area contributed by atoms with E-state index in [0.717, 1.165) is 43.1 Å². The highest BCUT2D eigenvalue weighted by atomic mass is 16.5. The van der Waals surface area contributed by atoms with Crippen LogP contribution in [0, 0.1) is 0 Å². The predicted octanol–water partition coefficient (Wildman–Crippen LogP) is 3.37. The Labute approximate surface area is 144 Å². The quantitative estimate of drug-likeness (QED) is 0.883. The van der Waals surface area contributed by atoms with Crippen molar-refractivity contribution in [2.75, 3.05) is 27.3 Å². The van der Waals surface area contributed by atoms with Gasteiger partial charge in [-0.3, -0.25) is 10.00 Å². The Morgan fingerprint density at radius 1 is 1.25 bits per heavy atom. The summed E-state index contributed by atoms with van der Waals surface area (Å²) in [6.45, 7) is 5.18. The van der Waals surface area contributed by atoms with Gasteiger partial charge in [-0.15, -0.1) is 0 Å². The maximum Gasteiger partial charge on any atom is 0.127 e. The van der Waals surface area contributed by atoms with Crippen LogP contribution < -0.4 is 9.47 Å². The van der Waals surface area contributed by atoms with Crippen molar-refractivity contribution >= 4 is 0 Å². The Kier molecular flexibility index (Phi) is 5.41. The van der Waals surface area contributed by atoms with Crippen molar-refractivity contribution in [3.63, 3.8) is 0 Å². The number of rotatable bonds is 6. The van der Waals surface area contributed by atoms with Crippen molar-refractivity contribution < 1.29 is 9.47 Å². The van der Waals surface area contributed by atoms with E-state index in [1.54, 1.807) is 14.2 Å². The minimum Gasteiger partial charge on any atom is -0.496 e. The van der Waals surface area contributed by atoms with Crippen LogP contribution in [-0.2, 0) is 13.0 Å². The number of aryl methyl sites for hydroxylation is 1. The van der Waals surface area contributed by atoms with Crippen molar-refractivity contribution in [1.29, 1.82) is 0 Å². The lowest BCUT2D eigenvalue weighted by atomic mass is 9.91. The second kappa shape index (κ2) is 7.71. The Hall–Kier alpha value is -2.01. The van der Waals surface area contributed by atoms with Gasteiger partial charge in [0.2, 0.25) is 0 Å². The highest BCUT2D eigenvalue weighted by molar-refractivity contribution is 5.44. The van der Waals surface area contributed by atoms with E-state index in [1.807, 2.05) is 24.4 Å². The zero-order valence-electron chi connectivity index (χ0n) is 14.8. The predicted molar refractivity (Wildman–Crippen MR) is 94.8 cm³/mol. The van der Waals surface area contributed by atoms with Crippen LogP contribution >= 0.6 is 0 Å². The van der Waals surface area contributed by atoms with Gasteiger partial charge in [0.1, 0.15) is 11.5 Å². The highest BCUT2D eigenvalue weighted by Crippen LogP contribution is 2.33. The molecule has 0 amide bonds. The van der Waals surface area contributed by atoms with Crippen molar-refractivity contribution in [3.8, 4) is 11.5 Å². The van der Waals surface area contributed by atoms with E-state index in [0.29, 0.717) is 5.92 Å². The maximum absolute atomic E-state index is 5.54. The lowest BCUT2D eigenvalue weighted by molar-refractivity contribution is 0.193. The molecule has 1 saturated heterocycles. The van der Waals surface area contributed by atoms with Crippen LogP contribution in [0.2, 0.25) is 0 Å². The Morgan fingerprint density at radius 2 is 2.00 bits per heavy atom. The van der Waals surface area contributed by atoms with E-state index in [4.69, 9.17) is 9.47 Å². The number of hydrogen-bond acceptors (Lipinski definition) is 4. The van der Waals surface area contributed by atoms with E-state index >= 15 is 0 Å². The maximum atomic E-state index is 5.54. The largest absolute Gasteiger partial charge is 0.496 e. The molecule has 1 aliphatic heterocycles. The van der Waals surface area contributed by atoms with Gasteiger partial charge in [-0.1, -0.05) is 13.0 Å². The summed E-state index contributed by atoms with van der Waals surface area (Å²) in [5, 5.41) is 7.48. The number of aromatic nitrogens is 2. The van der Waals surface area contributed by atoms with Crippen LogP contribution in [0.1, 0.15) is 42.5 Å². The van der Waals surface area contributed by atoms with Gasteiger partial charge in [0.15, 0.2) is 0 Å². The summed E-state index contributed by atoms with van der Waals surface area (Å²) in [4.78, 5) is 2.49. The first kappa shape index (κ1) is 16.8. The summed E-state index contributed by atoms with van der Waals surface area (Å²) >= 11 is 0. The van der Waals surface area contributed by atoms with Gasteiger partial charge in [0, 0.05) is 24.7 Å². The van der Waals surface area contributed by atoms with Gasteiger partial charge in [0.25, 0.3) is 0 Å². The van der Waals surface area contributed by atoms with Crippen molar-refractivity contribution in [1.82, 2.24) is 15.1 Å². The molecule has 1 N–H and O–H groups in total. The summed E-state index contributed by atoms with van der Waals surface area (Å²) in [6.07, 6.45) is 5.42. The van der Waals surface area contributed by atoms with E-state index in [2.05, 4.69) is 22.0 Å². The van der Waals surface area contributed by atoms with Crippen LogP contribution in [0.15, 0.2) is 24.4 Å². The molecular weight excluding hydrogens is 302 g/mol. The van der Waals surface area contributed by atoms with E-state index in [1.165, 1.54) is 24.1 Å². The molecule has 1 aliphatic rings. The van der Waals surface area contributed by atoms with Gasteiger partial charge in [0.05, 0.1) is 26.0 Å². The average Bonchev–Trinajstić information content (AvgIpc) is 3.11. The zero-order valence-corrected chi connectivity index (χ0v) is 14.8. The summed E-state index contributed by atoms with van der Waals surface area (Å²) < 4.78 is 11.1. The molecule has 0 aliphatic carbocycles. The number of hydrogen-bond donors (Lipinski definition) is 1. The molecule has 1 aromatic carbocycles. The molecule has 1 atom stereocenters. The molecule has 1 fully saturated rings. The lowest BCUT2D eigenvalue weighted by Gasteiger charge is -2.33. The summed E-state index contributed by atoms with van der Waals surface area (Å²) in [7, 11) is 3.44. The summed E-state index contributed by atoms with van der Waals surface area (Å²) in [5.74, 6) is 2.32. The molecule has 1 aromatic heterocycles. The zero-order chi connectivity index (χ0) is 16.9. The number of nitrogens with zero attached hydrogens (tertiary/aromatic N) is 2. The van der Waals surface area contributed by atoms with E-state index in [9.17, 15) is 0 Å². The number of nitrogens with one attached hydrogen (secondary N) is 1. The first-order valence-corrected chi connectivity index (χ1v) is 8.71. The number of ether oxygens (including phenoxy) is 2.